The Bertz CT molecular complexity index is 382. The van der Waals surface area contributed by atoms with Crippen LogP contribution < -0.4 is 4.18 Å². The van der Waals surface area contributed by atoms with Crippen molar-refractivity contribution in [3.63, 3.8) is 0 Å². The van der Waals surface area contributed by atoms with Gasteiger partial charge in [0.1, 0.15) is 0 Å². The normalized spacial score (nSPS) is 11.9. The fraction of sp³-hybridized carbons (Fsp3) is 0.600. The molecule has 0 aliphatic rings. The Balaban J connectivity index is 2.83. The first-order chi connectivity index (χ1) is 7.83. The first-order valence-electron chi connectivity index (χ1n) is 5.11. The largest absolute Gasteiger partial charge is 0.479 e. The Labute approximate surface area is 102 Å². The Kier molecular flexibility index (Phi) is 4.62. The van der Waals surface area contributed by atoms with Crippen LogP contribution in [0.4, 0.5) is 13.2 Å². The summed E-state index contributed by atoms with van der Waals surface area (Å²) < 4.78 is 40.2. The average molecular weight is 266 g/mol. The van der Waals surface area contributed by atoms with Crippen molar-refractivity contribution in [2.24, 2.45) is 0 Å². The highest BCUT2D eigenvalue weighted by atomic mass is 32.2. The molecule has 0 aromatic carbocycles. The quantitative estimate of drug-likeness (QED) is 0.778. The Morgan fingerprint density at radius 1 is 1.41 bits per heavy atom. The molecule has 0 spiro atoms. The lowest BCUT2D eigenvalue weighted by Crippen LogP contribution is -2.06. The van der Waals surface area contributed by atoms with Gasteiger partial charge in [0.15, 0.2) is 12.0 Å². The van der Waals surface area contributed by atoms with Crippen LogP contribution in [-0.2, 0) is 6.42 Å². The molecule has 1 heterocycles. The van der Waals surface area contributed by atoms with E-state index in [4.69, 9.17) is 0 Å². The second kappa shape index (κ2) is 5.57. The lowest BCUT2D eigenvalue weighted by Gasteiger charge is -2.11. The van der Waals surface area contributed by atoms with Crippen LogP contribution in [0.25, 0.3) is 0 Å². The molecule has 0 aliphatic carbocycles. The van der Waals surface area contributed by atoms with Gasteiger partial charge in [0.2, 0.25) is 0 Å². The Hall–Kier alpha value is -0.980. The van der Waals surface area contributed by atoms with Gasteiger partial charge >= 0.3 is 11.5 Å². The number of hydrogen-bond donors (Lipinski definition) is 0. The SMILES string of the molecule is CCc1nc(OSC(F)(F)F)ncc1C(C)C. The van der Waals surface area contributed by atoms with Crippen LogP contribution in [0.5, 0.6) is 6.01 Å². The molecule has 0 fully saturated rings. The van der Waals surface area contributed by atoms with Gasteiger partial charge in [-0.05, 0) is 17.9 Å². The second-order valence-corrected chi connectivity index (χ2v) is 4.47. The Morgan fingerprint density at radius 2 is 2.06 bits per heavy atom. The van der Waals surface area contributed by atoms with Crippen molar-refractivity contribution >= 4 is 12.0 Å². The van der Waals surface area contributed by atoms with Crippen molar-refractivity contribution in [3.8, 4) is 6.01 Å². The van der Waals surface area contributed by atoms with Gasteiger partial charge in [0.25, 0.3) is 0 Å². The number of aryl methyl sites for hydroxylation is 1. The molecular weight excluding hydrogens is 253 g/mol. The number of halogens is 3. The van der Waals surface area contributed by atoms with Gasteiger partial charge in [-0.3, -0.25) is 0 Å². The summed E-state index contributed by atoms with van der Waals surface area (Å²) in [5, 5.41) is 0. The number of rotatable bonds is 4. The summed E-state index contributed by atoms with van der Waals surface area (Å²) in [5.41, 5.74) is -2.81. The van der Waals surface area contributed by atoms with Crippen LogP contribution >= 0.6 is 12.0 Å². The maximum atomic E-state index is 11.9. The lowest BCUT2D eigenvalue weighted by molar-refractivity contribution is -0.0371. The van der Waals surface area contributed by atoms with Gasteiger partial charge in [0, 0.05) is 6.20 Å². The predicted octanol–water partition coefficient (Wildman–Crippen LogP) is 3.71. The molecule has 17 heavy (non-hydrogen) atoms. The molecule has 7 heteroatoms. The summed E-state index contributed by atoms with van der Waals surface area (Å²) in [6, 6.07) is -0.256. The van der Waals surface area contributed by atoms with E-state index >= 15 is 0 Å². The third kappa shape index (κ3) is 4.41. The number of hydrogen-bond acceptors (Lipinski definition) is 4. The standard InChI is InChI=1S/C10H13F3N2OS/c1-4-8-7(6(2)3)5-14-9(15-8)16-17-10(11,12)13/h5-6H,4H2,1-3H3. The molecule has 0 unspecified atom stereocenters. The van der Waals surface area contributed by atoms with Gasteiger partial charge in [-0.2, -0.15) is 18.2 Å². The molecule has 0 aliphatic heterocycles. The van der Waals surface area contributed by atoms with Crippen molar-refractivity contribution < 1.29 is 17.4 Å². The van der Waals surface area contributed by atoms with Crippen LogP contribution in [0.1, 0.15) is 37.9 Å². The van der Waals surface area contributed by atoms with Crippen molar-refractivity contribution in [3.05, 3.63) is 17.5 Å². The van der Waals surface area contributed by atoms with Crippen LogP contribution in [-0.4, -0.2) is 15.5 Å². The highest BCUT2D eigenvalue weighted by Gasteiger charge is 2.32. The van der Waals surface area contributed by atoms with E-state index in [1.165, 1.54) is 6.20 Å². The molecule has 0 amide bonds. The second-order valence-electron chi connectivity index (χ2n) is 3.68. The minimum atomic E-state index is -4.45. The molecule has 1 aromatic heterocycles. The summed E-state index contributed by atoms with van der Waals surface area (Å²) in [5.74, 6) is 0.231. The van der Waals surface area contributed by atoms with Crippen molar-refractivity contribution in [2.75, 3.05) is 0 Å². The van der Waals surface area contributed by atoms with Gasteiger partial charge < -0.3 is 4.18 Å². The summed E-state index contributed by atoms with van der Waals surface area (Å²) in [4.78, 5) is 7.72. The molecule has 96 valence electrons. The maximum Gasteiger partial charge on any atom is 0.479 e. The van der Waals surface area contributed by atoms with Crippen LogP contribution in [0, 0.1) is 0 Å². The average Bonchev–Trinajstić information content (AvgIpc) is 2.24. The molecular formula is C10H13F3N2OS. The Morgan fingerprint density at radius 3 is 2.53 bits per heavy atom. The minimum absolute atomic E-state index is 0.231. The summed E-state index contributed by atoms with van der Waals surface area (Å²) in [6.45, 7) is 5.83. The fourth-order valence-corrected chi connectivity index (χ4v) is 1.55. The van der Waals surface area contributed by atoms with Crippen LogP contribution in [0.3, 0.4) is 0 Å². The van der Waals surface area contributed by atoms with Crippen molar-refractivity contribution in [1.82, 2.24) is 9.97 Å². The van der Waals surface area contributed by atoms with Gasteiger partial charge in [-0.15, -0.1) is 0 Å². The number of alkyl halides is 3. The van der Waals surface area contributed by atoms with E-state index in [1.54, 1.807) is 0 Å². The van der Waals surface area contributed by atoms with Crippen molar-refractivity contribution in [2.45, 2.75) is 38.6 Å². The molecule has 3 nitrogen and oxygen atoms in total. The minimum Gasteiger partial charge on any atom is -0.380 e. The molecule has 1 aromatic rings. The topological polar surface area (TPSA) is 35.0 Å². The predicted molar refractivity (Wildman–Crippen MR) is 59.8 cm³/mol. The number of aromatic nitrogens is 2. The van der Waals surface area contributed by atoms with E-state index in [2.05, 4.69) is 14.2 Å². The van der Waals surface area contributed by atoms with Gasteiger partial charge in [0.05, 0.1) is 5.69 Å². The molecule has 0 saturated heterocycles. The smallest absolute Gasteiger partial charge is 0.380 e. The van der Waals surface area contributed by atoms with E-state index in [0.717, 1.165) is 5.56 Å². The van der Waals surface area contributed by atoms with Crippen LogP contribution in [0.15, 0.2) is 6.20 Å². The van der Waals surface area contributed by atoms with E-state index < -0.39 is 17.6 Å². The number of nitrogens with zero attached hydrogens (tertiary/aromatic N) is 2. The molecule has 0 atom stereocenters. The third-order valence-corrected chi connectivity index (χ3v) is 2.47. The van der Waals surface area contributed by atoms with Crippen molar-refractivity contribution in [1.29, 1.82) is 0 Å². The molecule has 1 rings (SSSR count). The third-order valence-electron chi connectivity index (χ3n) is 2.05. The van der Waals surface area contributed by atoms with E-state index in [9.17, 15) is 13.2 Å². The molecule has 0 N–H and O–H groups in total. The zero-order valence-electron chi connectivity index (χ0n) is 9.71. The van der Waals surface area contributed by atoms with E-state index in [1.807, 2.05) is 20.8 Å². The molecule has 0 radical (unpaired) electrons. The summed E-state index contributed by atoms with van der Waals surface area (Å²) in [7, 11) is 0. The lowest BCUT2D eigenvalue weighted by atomic mass is 10.0. The highest BCUT2D eigenvalue weighted by Crippen LogP contribution is 2.31. The zero-order chi connectivity index (χ0) is 13.1. The van der Waals surface area contributed by atoms with Gasteiger partial charge in [-0.1, -0.05) is 20.8 Å². The van der Waals surface area contributed by atoms with E-state index in [0.29, 0.717) is 12.1 Å². The first kappa shape index (κ1) is 14.1. The summed E-state index contributed by atoms with van der Waals surface area (Å²) in [6.07, 6.45) is 2.14. The molecule has 0 saturated carbocycles. The fourth-order valence-electron chi connectivity index (χ4n) is 1.30. The van der Waals surface area contributed by atoms with E-state index in [-0.39, 0.29) is 11.9 Å². The summed E-state index contributed by atoms with van der Waals surface area (Å²) >= 11 is -0.605. The van der Waals surface area contributed by atoms with Crippen LogP contribution in [0.2, 0.25) is 0 Å². The maximum absolute atomic E-state index is 11.9. The monoisotopic (exact) mass is 266 g/mol. The highest BCUT2D eigenvalue weighted by molar-refractivity contribution is 7.95. The zero-order valence-corrected chi connectivity index (χ0v) is 10.5. The van der Waals surface area contributed by atoms with Gasteiger partial charge in [-0.25, -0.2) is 4.98 Å². The first-order valence-corrected chi connectivity index (χ1v) is 5.86. The molecule has 0 bridgehead atoms.